The Labute approximate surface area is 128 Å². The van der Waals surface area contributed by atoms with Gasteiger partial charge in [0.05, 0.1) is 19.8 Å². The second-order valence-corrected chi connectivity index (χ2v) is 7.88. The zero-order valence-corrected chi connectivity index (χ0v) is 14.1. The molecule has 0 heterocycles. The SMILES string of the molecule is COc1cc(OC)c(S(=O)(=O)Cl)cc1C(=O)NC(C)(C)C. The standard InChI is InChI=1S/C13H18ClNO5S/c1-13(2,3)15-12(16)8-6-11(21(14,17)18)10(20-5)7-9(8)19-4/h6-7H,1-5H3,(H,15,16). The molecule has 0 bridgehead atoms. The van der Waals surface area contributed by atoms with Crippen LogP contribution in [0.25, 0.3) is 0 Å². The zero-order valence-electron chi connectivity index (χ0n) is 12.5. The number of amides is 1. The van der Waals surface area contributed by atoms with Crippen molar-refractivity contribution in [3.8, 4) is 11.5 Å². The zero-order chi connectivity index (χ0) is 16.4. The van der Waals surface area contributed by atoms with Gasteiger partial charge in [0, 0.05) is 22.3 Å². The van der Waals surface area contributed by atoms with Gasteiger partial charge in [-0.2, -0.15) is 0 Å². The van der Waals surface area contributed by atoms with Gasteiger partial charge in [0.25, 0.3) is 15.0 Å². The molecule has 0 aromatic heterocycles. The number of carbonyl (C=O) groups is 1. The van der Waals surface area contributed by atoms with Crippen molar-refractivity contribution in [2.24, 2.45) is 0 Å². The van der Waals surface area contributed by atoms with Gasteiger partial charge >= 0.3 is 0 Å². The second-order valence-electron chi connectivity index (χ2n) is 5.35. The first-order valence-corrected chi connectivity index (χ1v) is 8.33. The molecule has 0 aliphatic rings. The molecular weight excluding hydrogens is 318 g/mol. The molecule has 118 valence electrons. The van der Waals surface area contributed by atoms with Crippen molar-refractivity contribution in [3.05, 3.63) is 17.7 Å². The van der Waals surface area contributed by atoms with Crippen LogP contribution < -0.4 is 14.8 Å². The number of halogens is 1. The van der Waals surface area contributed by atoms with Gasteiger partial charge < -0.3 is 14.8 Å². The highest BCUT2D eigenvalue weighted by Crippen LogP contribution is 2.34. The summed E-state index contributed by atoms with van der Waals surface area (Å²) in [7, 11) is 3.98. The molecule has 1 aromatic rings. The monoisotopic (exact) mass is 335 g/mol. The molecule has 1 amide bonds. The predicted octanol–water partition coefficient (Wildman–Crippen LogP) is 2.16. The Morgan fingerprint density at radius 2 is 1.67 bits per heavy atom. The third-order valence-corrected chi connectivity index (χ3v) is 3.82. The summed E-state index contributed by atoms with van der Waals surface area (Å²) >= 11 is 0. The van der Waals surface area contributed by atoms with Gasteiger partial charge in [-0.3, -0.25) is 4.79 Å². The predicted molar refractivity (Wildman–Crippen MR) is 79.8 cm³/mol. The molecule has 6 nitrogen and oxygen atoms in total. The quantitative estimate of drug-likeness (QED) is 0.853. The van der Waals surface area contributed by atoms with E-state index in [9.17, 15) is 13.2 Å². The maximum Gasteiger partial charge on any atom is 0.265 e. The molecule has 0 unspecified atom stereocenters. The normalized spacial score (nSPS) is 11.9. The molecule has 0 fully saturated rings. The van der Waals surface area contributed by atoms with Crippen LogP contribution in [-0.2, 0) is 9.05 Å². The first kappa shape index (κ1) is 17.6. The van der Waals surface area contributed by atoms with Crippen LogP contribution in [0.2, 0.25) is 0 Å². The topological polar surface area (TPSA) is 81.7 Å². The van der Waals surface area contributed by atoms with Crippen LogP contribution in [0.4, 0.5) is 0 Å². The van der Waals surface area contributed by atoms with Crippen LogP contribution in [0.5, 0.6) is 11.5 Å². The largest absolute Gasteiger partial charge is 0.496 e. The van der Waals surface area contributed by atoms with E-state index in [1.54, 1.807) is 20.8 Å². The molecule has 0 spiro atoms. The summed E-state index contributed by atoms with van der Waals surface area (Å²) in [5.41, 5.74) is -0.422. The van der Waals surface area contributed by atoms with E-state index in [0.717, 1.165) is 6.07 Å². The lowest BCUT2D eigenvalue weighted by Gasteiger charge is -2.21. The van der Waals surface area contributed by atoms with Gasteiger partial charge in [-0.15, -0.1) is 0 Å². The minimum atomic E-state index is -4.06. The molecule has 0 saturated carbocycles. The fourth-order valence-corrected chi connectivity index (χ4v) is 2.65. The molecule has 1 rings (SSSR count). The summed E-state index contributed by atoms with van der Waals surface area (Å²) in [6.45, 7) is 5.42. The Kier molecular flexibility index (Phi) is 5.11. The highest BCUT2D eigenvalue weighted by Gasteiger charge is 2.25. The van der Waals surface area contributed by atoms with E-state index in [4.69, 9.17) is 20.2 Å². The van der Waals surface area contributed by atoms with Crippen molar-refractivity contribution in [1.29, 1.82) is 0 Å². The molecular formula is C13H18ClNO5S. The maximum atomic E-state index is 12.2. The van der Waals surface area contributed by atoms with Gasteiger partial charge in [-0.05, 0) is 26.8 Å². The van der Waals surface area contributed by atoms with Crippen molar-refractivity contribution < 1.29 is 22.7 Å². The Hall–Kier alpha value is -1.47. The van der Waals surface area contributed by atoms with Gasteiger partial charge in [0.2, 0.25) is 0 Å². The first-order valence-electron chi connectivity index (χ1n) is 6.03. The Bertz CT molecular complexity index is 649. The highest BCUT2D eigenvalue weighted by molar-refractivity contribution is 8.13. The van der Waals surface area contributed by atoms with E-state index in [0.29, 0.717) is 0 Å². The van der Waals surface area contributed by atoms with E-state index >= 15 is 0 Å². The molecule has 0 saturated heterocycles. The third-order valence-electron chi connectivity index (χ3n) is 2.48. The van der Waals surface area contributed by atoms with E-state index in [1.165, 1.54) is 20.3 Å². The minimum absolute atomic E-state index is 0.00848. The molecule has 1 N–H and O–H groups in total. The van der Waals surface area contributed by atoms with Gasteiger partial charge in [-0.1, -0.05) is 0 Å². The smallest absolute Gasteiger partial charge is 0.265 e. The number of benzene rings is 1. The molecule has 21 heavy (non-hydrogen) atoms. The van der Waals surface area contributed by atoms with E-state index in [2.05, 4.69) is 5.32 Å². The number of hydrogen-bond donors (Lipinski definition) is 1. The van der Waals surface area contributed by atoms with Crippen molar-refractivity contribution in [2.45, 2.75) is 31.2 Å². The van der Waals surface area contributed by atoms with Crippen LogP contribution in [-0.4, -0.2) is 34.1 Å². The first-order chi connectivity index (χ1) is 9.49. The maximum absolute atomic E-state index is 12.2. The van der Waals surface area contributed by atoms with Crippen molar-refractivity contribution >= 4 is 25.6 Å². The lowest BCUT2D eigenvalue weighted by Crippen LogP contribution is -2.40. The summed E-state index contributed by atoms with van der Waals surface area (Å²) in [5, 5.41) is 2.73. The van der Waals surface area contributed by atoms with Crippen molar-refractivity contribution in [3.63, 3.8) is 0 Å². The summed E-state index contributed by atoms with van der Waals surface area (Å²) in [6.07, 6.45) is 0. The molecule has 0 atom stereocenters. The highest BCUT2D eigenvalue weighted by atomic mass is 35.7. The van der Waals surface area contributed by atoms with Gasteiger partial charge in [0.1, 0.15) is 16.4 Å². The molecule has 8 heteroatoms. The van der Waals surface area contributed by atoms with Gasteiger partial charge in [0.15, 0.2) is 0 Å². The number of rotatable bonds is 4. The average molecular weight is 336 g/mol. The third kappa shape index (κ3) is 4.50. The summed E-state index contributed by atoms with van der Waals surface area (Å²) in [5.74, 6) is -0.268. The van der Waals surface area contributed by atoms with Crippen LogP contribution in [0.3, 0.4) is 0 Å². The summed E-state index contributed by atoms with van der Waals surface area (Å²) in [4.78, 5) is 12.0. The molecule has 0 aliphatic heterocycles. The van der Waals surface area contributed by atoms with Gasteiger partial charge in [-0.25, -0.2) is 8.42 Å². The Balaban J connectivity index is 3.48. The van der Waals surface area contributed by atoms with E-state index < -0.39 is 20.5 Å². The number of hydrogen-bond acceptors (Lipinski definition) is 5. The molecule has 0 aliphatic carbocycles. The fourth-order valence-electron chi connectivity index (χ4n) is 1.65. The average Bonchev–Trinajstić information content (AvgIpc) is 2.33. The van der Waals surface area contributed by atoms with Crippen LogP contribution in [0, 0.1) is 0 Å². The van der Waals surface area contributed by atoms with E-state index in [1.807, 2.05) is 0 Å². The van der Waals surface area contributed by atoms with Crippen LogP contribution >= 0.6 is 10.7 Å². The number of ether oxygens (including phenoxy) is 2. The lowest BCUT2D eigenvalue weighted by molar-refractivity contribution is 0.0916. The van der Waals surface area contributed by atoms with Crippen molar-refractivity contribution in [1.82, 2.24) is 5.32 Å². The molecule has 1 aromatic carbocycles. The summed E-state index contributed by atoms with van der Waals surface area (Å²) < 4.78 is 33.3. The number of nitrogens with one attached hydrogen (secondary N) is 1. The van der Waals surface area contributed by atoms with Crippen LogP contribution in [0.1, 0.15) is 31.1 Å². The van der Waals surface area contributed by atoms with Crippen LogP contribution in [0.15, 0.2) is 17.0 Å². The Morgan fingerprint density at radius 3 is 2.05 bits per heavy atom. The second kappa shape index (κ2) is 6.11. The summed E-state index contributed by atoms with van der Waals surface area (Å²) in [6, 6.07) is 2.45. The fraction of sp³-hybridized carbons (Fsp3) is 0.462. The lowest BCUT2D eigenvalue weighted by atomic mass is 10.1. The minimum Gasteiger partial charge on any atom is -0.496 e. The number of methoxy groups -OCH3 is 2. The number of carbonyl (C=O) groups excluding carboxylic acids is 1. The van der Waals surface area contributed by atoms with Crippen molar-refractivity contribution in [2.75, 3.05) is 14.2 Å². The Morgan fingerprint density at radius 1 is 1.14 bits per heavy atom. The molecule has 0 radical (unpaired) electrons. The van der Waals surface area contributed by atoms with E-state index in [-0.39, 0.29) is 22.0 Å².